The molecule has 4 aromatic rings. The van der Waals surface area contributed by atoms with E-state index in [-0.39, 0.29) is 5.56 Å². The molecule has 0 bridgehead atoms. The molecule has 1 atom stereocenters. The van der Waals surface area contributed by atoms with E-state index >= 15 is 0 Å². The Kier molecular flexibility index (Phi) is 5.70. The molecule has 1 N–H and O–H groups in total. The van der Waals surface area contributed by atoms with Crippen LogP contribution in [0, 0.1) is 0 Å². The zero-order valence-electron chi connectivity index (χ0n) is 18.8. The molecule has 1 aliphatic carbocycles. The van der Waals surface area contributed by atoms with Gasteiger partial charge in [-0.15, -0.1) is 11.3 Å². The van der Waals surface area contributed by atoms with Crippen LogP contribution < -0.4 is 10.9 Å². The van der Waals surface area contributed by atoms with Crippen LogP contribution in [0.3, 0.4) is 0 Å². The molecule has 0 radical (unpaired) electrons. The number of nitrogens with one attached hydrogen (secondary N) is 1. The quantitative estimate of drug-likeness (QED) is 0.477. The standard InChI is InChI=1S/C26H29N5OS/c32-26-23-21-9-8-20(27-11-14-30-12-1-2-13-30)15-22(21)33-25(23)29-17-31(26)16-19-6-3-5-18-7-4-10-28-24(18)19/h3-7,10,17,20,27H,1-2,8-9,11-16H2. The lowest BCUT2D eigenvalue weighted by Gasteiger charge is -2.24. The van der Waals surface area contributed by atoms with Crippen LogP contribution in [0.15, 0.2) is 47.7 Å². The van der Waals surface area contributed by atoms with Gasteiger partial charge in [0.25, 0.3) is 5.56 Å². The molecule has 1 aromatic carbocycles. The fourth-order valence-corrected chi connectivity index (χ4v) is 6.66. The predicted octanol–water partition coefficient (Wildman–Crippen LogP) is 3.60. The van der Waals surface area contributed by atoms with E-state index in [1.807, 2.05) is 18.2 Å². The zero-order valence-corrected chi connectivity index (χ0v) is 19.6. The smallest absolute Gasteiger partial charge is 0.262 e. The van der Waals surface area contributed by atoms with Crippen molar-refractivity contribution in [3.63, 3.8) is 0 Å². The second kappa shape index (κ2) is 8.97. The fraction of sp³-hybridized carbons (Fsp3) is 0.423. The average Bonchev–Trinajstić information content (AvgIpc) is 3.49. The third kappa shape index (κ3) is 4.09. The van der Waals surface area contributed by atoms with Gasteiger partial charge in [-0.25, -0.2) is 4.98 Å². The lowest BCUT2D eigenvalue weighted by atomic mass is 9.93. The number of para-hydroxylation sites is 1. The van der Waals surface area contributed by atoms with Crippen molar-refractivity contribution in [1.82, 2.24) is 24.8 Å². The van der Waals surface area contributed by atoms with Crippen LogP contribution in [0.1, 0.15) is 35.3 Å². The van der Waals surface area contributed by atoms with Crippen LogP contribution in [0.2, 0.25) is 0 Å². The molecule has 1 saturated heterocycles. The van der Waals surface area contributed by atoms with Gasteiger partial charge >= 0.3 is 0 Å². The number of hydrogen-bond donors (Lipinski definition) is 1. The number of aryl methyl sites for hydroxylation is 1. The van der Waals surface area contributed by atoms with Gasteiger partial charge < -0.3 is 10.2 Å². The second-order valence-corrected chi connectivity index (χ2v) is 10.4. The first kappa shape index (κ1) is 21.0. The predicted molar refractivity (Wildman–Crippen MR) is 134 cm³/mol. The summed E-state index contributed by atoms with van der Waals surface area (Å²) in [6, 6.07) is 10.6. The van der Waals surface area contributed by atoms with E-state index < -0.39 is 0 Å². The molecule has 6 nitrogen and oxygen atoms in total. The molecule has 1 fully saturated rings. The highest BCUT2D eigenvalue weighted by molar-refractivity contribution is 7.18. The highest BCUT2D eigenvalue weighted by atomic mass is 32.1. The van der Waals surface area contributed by atoms with Gasteiger partial charge in [0.15, 0.2) is 0 Å². The zero-order chi connectivity index (χ0) is 22.2. The molecule has 3 aromatic heterocycles. The molecular weight excluding hydrogens is 430 g/mol. The van der Waals surface area contributed by atoms with E-state index in [9.17, 15) is 4.79 Å². The maximum absolute atomic E-state index is 13.5. The SMILES string of the molecule is O=c1c2c3c(sc2ncn1Cc1cccc2cccnc12)CC(NCCN1CCCC1)CC3. The summed E-state index contributed by atoms with van der Waals surface area (Å²) in [4.78, 5) is 27.5. The molecule has 0 amide bonds. The van der Waals surface area contributed by atoms with E-state index in [1.165, 1.54) is 36.4 Å². The third-order valence-electron chi connectivity index (χ3n) is 7.15. The number of likely N-dealkylation sites (tertiary alicyclic amines) is 1. The fourth-order valence-electron chi connectivity index (χ4n) is 5.40. The number of rotatable bonds is 6. The first-order valence-electron chi connectivity index (χ1n) is 12.0. The number of hydrogen-bond acceptors (Lipinski definition) is 6. The highest BCUT2D eigenvalue weighted by Gasteiger charge is 2.25. The van der Waals surface area contributed by atoms with Gasteiger partial charge in [-0.2, -0.15) is 0 Å². The molecule has 1 aliphatic heterocycles. The van der Waals surface area contributed by atoms with E-state index in [2.05, 4.69) is 27.3 Å². The number of pyridine rings is 1. The molecule has 7 heteroatoms. The first-order chi connectivity index (χ1) is 16.3. The summed E-state index contributed by atoms with van der Waals surface area (Å²) in [5.74, 6) is 0. The van der Waals surface area contributed by atoms with Crippen LogP contribution in [0.4, 0.5) is 0 Å². The number of thiophene rings is 1. The monoisotopic (exact) mass is 459 g/mol. The molecule has 6 rings (SSSR count). The maximum atomic E-state index is 13.5. The van der Waals surface area contributed by atoms with Crippen molar-refractivity contribution < 1.29 is 0 Å². The van der Waals surface area contributed by atoms with E-state index in [4.69, 9.17) is 4.98 Å². The van der Waals surface area contributed by atoms with E-state index in [0.717, 1.165) is 59.0 Å². The Labute approximate surface area is 197 Å². The summed E-state index contributed by atoms with van der Waals surface area (Å²) in [6.45, 7) is 5.18. The van der Waals surface area contributed by atoms with Crippen molar-refractivity contribution in [2.24, 2.45) is 0 Å². The van der Waals surface area contributed by atoms with Crippen LogP contribution >= 0.6 is 11.3 Å². The van der Waals surface area contributed by atoms with Crippen molar-refractivity contribution in [2.45, 2.75) is 44.7 Å². The second-order valence-electron chi connectivity index (χ2n) is 9.30. The normalized spacial score (nSPS) is 18.8. The molecule has 0 spiro atoms. The molecule has 4 heterocycles. The Bertz CT molecular complexity index is 1350. The summed E-state index contributed by atoms with van der Waals surface area (Å²) < 4.78 is 1.75. The van der Waals surface area contributed by atoms with E-state index in [1.54, 1.807) is 28.4 Å². The van der Waals surface area contributed by atoms with Gasteiger partial charge in [-0.1, -0.05) is 24.3 Å². The average molecular weight is 460 g/mol. The lowest BCUT2D eigenvalue weighted by molar-refractivity contribution is 0.322. The largest absolute Gasteiger partial charge is 0.312 e. The van der Waals surface area contributed by atoms with Crippen molar-refractivity contribution in [2.75, 3.05) is 26.2 Å². The summed E-state index contributed by atoms with van der Waals surface area (Å²) in [5, 5.41) is 5.69. The molecule has 170 valence electrons. The van der Waals surface area contributed by atoms with Gasteiger partial charge in [-0.3, -0.25) is 14.3 Å². The van der Waals surface area contributed by atoms with E-state index in [0.29, 0.717) is 12.6 Å². The van der Waals surface area contributed by atoms with Gasteiger partial charge in [-0.05, 0) is 62.4 Å². The minimum Gasteiger partial charge on any atom is -0.312 e. The summed E-state index contributed by atoms with van der Waals surface area (Å²) in [6.07, 6.45) is 9.24. The topological polar surface area (TPSA) is 63.1 Å². The highest BCUT2D eigenvalue weighted by Crippen LogP contribution is 2.33. The number of nitrogens with zero attached hydrogens (tertiary/aromatic N) is 4. The van der Waals surface area contributed by atoms with Gasteiger partial charge in [0, 0.05) is 35.6 Å². The summed E-state index contributed by atoms with van der Waals surface area (Å²) in [7, 11) is 0. The van der Waals surface area contributed by atoms with Crippen LogP contribution in [0.25, 0.3) is 21.1 Å². The Balaban J connectivity index is 1.23. The molecule has 2 aliphatic rings. The van der Waals surface area contributed by atoms with Crippen LogP contribution in [-0.4, -0.2) is 51.7 Å². The third-order valence-corrected chi connectivity index (χ3v) is 8.31. The number of aromatic nitrogens is 3. The number of benzene rings is 1. The minimum atomic E-state index is 0.0749. The Morgan fingerprint density at radius 2 is 2.00 bits per heavy atom. The Hall–Kier alpha value is -2.61. The van der Waals surface area contributed by atoms with Crippen molar-refractivity contribution in [1.29, 1.82) is 0 Å². The molecule has 33 heavy (non-hydrogen) atoms. The minimum absolute atomic E-state index is 0.0749. The van der Waals surface area contributed by atoms with Crippen molar-refractivity contribution >= 4 is 32.5 Å². The van der Waals surface area contributed by atoms with Gasteiger partial charge in [0.05, 0.1) is 23.8 Å². The lowest BCUT2D eigenvalue weighted by Crippen LogP contribution is -2.39. The van der Waals surface area contributed by atoms with Crippen LogP contribution in [0.5, 0.6) is 0 Å². The summed E-state index contributed by atoms with van der Waals surface area (Å²) in [5.41, 5.74) is 3.30. The van der Waals surface area contributed by atoms with Crippen LogP contribution in [-0.2, 0) is 19.4 Å². The molecule has 1 unspecified atom stereocenters. The first-order valence-corrected chi connectivity index (χ1v) is 12.9. The Morgan fingerprint density at radius 3 is 2.91 bits per heavy atom. The van der Waals surface area contributed by atoms with Gasteiger partial charge in [0.1, 0.15) is 4.83 Å². The maximum Gasteiger partial charge on any atom is 0.262 e. The Morgan fingerprint density at radius 1 is 1.12 bits per heavy atom. The van der Waals surface area contributed by atoms with Crippen molar-refractivity contribution in [3.8, 4) is 0 Å². The summed E-state index contributed by atoms with van der Waals surface area (Å²) >= 11 is 1.71. The molecule has 0 saturated carbocycles. The van der Waals surface area contributed by atoms with Gasteiger partial charge in [0.2, 0.25) is 0 Å². The molecular formula is C26H29N5OS. The van der Waals surface area contributed by atoms with Crippen molar-refractivity contribution in [3.05, 3.63) is 69.2 Å². The number of fused-ring (bicyclic) bond motifs is 4.